The molecule has 0 aromatic heterocycles. The molecule has 18 heavy (non-hydrogen) atoms. The van der Waals surface area contributed by atoms with Crippen LogP contribution in [-0.2, 0) is 6.54 Å². The van der Waals surface area contributed by atoms with Gasteiger partial charge >= 0.3 is 0 Å². The maximum Gasteiger partial charge on any atom is 0.137 e. The Bertz CT molecular complexity index is 418. The fraction of sp³-hybridized carbons (Fsp3) is 0.538. The lowest BCUT2D eigenvalue weighted by atomic mass is 10.1. The summed E-state index contributed by atoms with van der Waals surface area (Å²) >= 11 is 3.13. The Balaban J connectivity index is 2.04. The summed E-state index contributed by atoms with van der Waals surface area (Å²) in [4.78, 5) is 4.52. The van der Waals surface area contributed by atoms with Crippen LogP contribution in [0.1, 0.15) is 12.5 Å². The zero-order valence-electron chi connectivity index (χ0n) is 10.4. The van der Waals surface area contributed by atoms with Gasteiger partial charge in [0.15, 0.2) is 0 Å². The summed E-state index contributed by atoms with van der Waals surface area (Å²) in [6.07, 6.45) is 0. The highest BCUT2D eigenvalue weighted by Gasteiger charge is 2.19. The highest BCUT2D eigenvalue weighted by molar-refractivity contribution is 9.10. The Labute approximate surface area is 115 Å². The summed E-state index contributed by atoms with van der Waals surface area (Å²) < 4.78 is 27.3. The first kappa shape index (κ1) is 13.9. The van der Waals surface area contributed by atoms with Crippen molar-refractivity contribution < 1.29 is 8.78 Å². The predicted octanol–water partition coefficient (Wildman–Crippen LogP) is 2.86. The Morgan fingerprint density at radius 1 is 1.06 bits per heavy atom. The Morgan fingerprint density at radius 3 is 2.22 bits per heavy atom. The van der Waals surface area contributed by atoms with E-state index < -0.39 is 5.82 Å². The molecule has 1 fully saturated rings. The van der Waals surface area contributed by atoms with Gasteiger partial charge in [-0.15, -0.1) is 0 Å². The first-order chi connectivity index (χ1) is 8.61. The van der Waals surface area contributed by atoms with Crippen molar-refractivity contribution in [2.45, 2.75) is 13.5 Å². The average Bonchev–Trinajstić information content (AvgIpc) is 2.40. The highest BCUT2D eigenvalue weighted by Crippen LogP contribution is 2.25. The lowest BCUT2D eigenvalue weighted by Crippen LogP contribution is -2.45. The molecule has 0 spiro atoms. The smallest absolute Gasteiger partial charge is 0.137 e. The lowest BCUT2D eigenvalue weighted by Gasteiger charge is -2.34. The van der Waals surface area contributed by atoms with E-state index in [1.807, 2.05) is 0 Å². The fourth-order valence-corrected chi connectivity index (χ4v) is 2.65. The average molecular weight is 319 g/mol. The van der Waals surface area contributed by atoms with E-state index in [-0.39, 0.29) is 10.3 Å². The molecule has 0 N–H and O–H groups in total. The van der Waals surface area contributed by atoms with Gasteiger partial charge in [0.05, 0.1) is 4.47 Å². The van der Waals surface area contributed by atoms with E-state index in [9.17, 15) is 8.78 Å². The van der Waals surface area contributed by atoms with E-state index in [1.54, 1.807) is 0 Å². The molecule has 2 nitrogen and oxygen atoms in total. The van der Waals surface area contributed by atoms with Crippen molar-refractivity contribution in [2.75, 3.05) is 32.7 Å². The minimum Gasteiger partial charge on any atom is -0.301 e. The molecule has 5 heteroatoms. The van der Waals surface area contributed by atoms with Gasteiger partial charge < -0.3 is 4.90 Å². The van der Waals surface area contributed by atoms with Crippen LogP contribution < -0.4 is 0 Å². The molecule has 1 saturated heterocycles. The van der Waals surface area contributed by atoms with Crippen LogP contribution in [0.15, 0.2) is 16.6 Å². The number of piperazine rings is 1. The van der Waals surface area contributed by atoms with Gasteiger partial charge in [0.1, 0.15) is 11.6 Å². The van der Waals surface area contributed by atoms with Crippen LogP contribution in [0, 0.1) is 11.6 Å². The highest BCUT2D eigenvalue weighted by atomic mass is 79.9. The molecule has 0 unspecified atom stereocenters. The van der Waals surface area contributed by atoms with Crippen molar-refractivity contribution >= 4 is 15.9 Å². The molecule has 0 atom stereocenters. The summed E-state index contributed by atoms with van der Waals surface area (Å²) in [5.74, 6) is -0.750. The van der Waals surface area contributed by atoms with Crippen molar-refractivity contribution in [1.29, 1.82) is 0 Å². The number of hydrogen-bond donors (Lipinski definition) is 0. The Kier molecular flexibility index (Phi) is 4.70. The van der Waals surface area contributed by atoms with E-state index >= 15 is 0 Å². The van der Waals surface area contributed by atoms with E-state index in [0.717, 1.165) is 38.8 Å². The van der Waals surface area contributed by atoms with E-state index in [0.29, 0.717) is 12.1 Å². The number of rotatable bonds is 3. The molecule has 0 saturated carbocycles. The molecule has 0 aliphatic carbocycles. The largest absolute Gasteiger partial charge is 0.301 e. The van der Waals surface area contributed by atoms with Gasteiger partial charge in [-0.25, -0.2) is 8.78 Å². The molecule has 1 aromatic carbocycles. The zero-order chi connectivity index (χ0) is 13.1. The van der Waals surface area contributed by atoms with Crippen LogP contribution in [0.4, 0.5) is 8.78 Å². The number of hydrogen-bond acceptors (Lipinski definition) is 2. The van der Waals surface area contributed by atoms with Gasteiger partial charge in [0.2, 0.25) is 0 Å². The monoisotopic (exact) mass is 318 g/mol. The van der Waals surface area contributed by atoms with Crippen molar-refractivity contribution in [2.24, 2.45) is 0 Å². The van der Waals surface area contributed by atoms with Gasteiger partial charge in [-0.1, -0.05) is 6.92 Å². The van der Waals surface area contributed by atoms with E-state index in [2.05, 4.69) is 32.7 Å². The second-order valence-corrected chi connectivity index (χ2v) is 5.33. The molecule has 2 rings (SSSR count). The van der Waals surface area contributed by atoms with Crippen LogP contribution >= 0.6 is 15.9 Å². The third kappa shape index (κ3) is 3.08. The maximum atomic E-state index is 13.7. The van der Waals surface area contributed by atoms with Gasteiger partial charge in [0.25, 0.3) is 0 Å². The van der Waals surface area contributed by atoms with Crippen LogP contribution in [0.3, 0.4) is 0 Å². The van der Waals surface area contributed by atoms with Crippen molar-refractivity contribution in [1.82, 2.24) is 9.80 Å². The normalized spacial score (nSPS) is 18.2. The first-order valence-electron chi connectivity index (χ1n) is 6.19. The second kappa shape index (κ2) is 6.08. The number of nitrogens with zero attached hydrogens (tertiary/aromatic N) is 2. The third-order valence-electron chi connectivity index (χ3n) is 3.43. The topological polar surface area (TPSA) is 6.48 Å². The minimum atomic E-state index is -0.404. The molecular formula is C13H17BrF2N2. The summed E-state index contributed by atoms with van der Waals surface area (Å²) in [5.41, 5.74) is 0.417. The molecule has 0 amide bonds. The fourth-order valence-electron chi connectivity index (χ4n) is 2.20. The maximum absolute atomic E-state index is 13.7. The summed E-state index contributed by atoms with van der Waals surface area (Å²) in [7, 11) is 0. The third-order valence-corrected chi connectivity index (χ3v) is 4.29. The van der Waals surface area contributed by atoms with Crippen molar-refractivity contribution in [3.05, 3.63) is 33.8 Å². The van der Waals surface area contributed by atoms with Gasteiger partial charge in [-0.05, 0) is 34.6 Å². The van der Waals surface area contributed by atoms with Crippen LogP contribution in [-0.4, -0.2) is 42.5 Å². The summed E-state index contributed by atoms with van der Waals surface area (Å²) in [6.45, 7) is 7.43. The van der Waals surface area contributed by atoms with Crippen molar-refractivity contribution in [3.8, 4) is 0 Å². The SMILES string of the molecule is CCN1CCN(Cc2c(F)ccc(F)c2Br)CC1. The standard InChI is InChI=1S/C13H17BrF2N2/c1-2-17-5-7-18(8-6-17)9-10-11(15)3-4-12(16)13(10)14/h3-4H,2,5-9H2,1H3. The molecular weight excluding hydrogens is 302 g/mol. The molecule has 0 radical (unpaired) electrons. The van der Waals surface area contributed by atoms with Gasteiger partial charge in [-0.3, -0.25) is 4.90 Å². The zero-order valence-corrected chi connectivity index (χ0v) is 12.0. The minimum absolute atomic E-state index is 0.250. The molecule has 1 aliphatic heterocycles. The second-order valence-electron chi connectivity index (χ2n) is 4.53. The summed E-state index contributed by atoms with van der Waals surface area (Å²) in [6, 6.07) is 2.34. The molecule has 1 heterocycles. The van der Waals surface area contributed by atoms with Crippen LogP contribution in [0.25, 0.3) is 0 Å². The van der Waals surface area contributed by atoms with Crippen LogP contribution in [0.5, 0.6) is 0 Å². The van der Waals surface area contributed by atoms with E-state index in [4.69, 9.17) is 0 Å². The van der Waals surface area contributed by atoms with Gasteiger partial charge in [0, 0.05) is 38.3 Å². The number of benzene rings is 1. The predicted molar refractivity (Wildman–Crippen MR) is 71.4 cm³/mol. The quantitative estimate of drug-likeness (QED) is 0.791. The Hall–Kier alpha value is -0.520. The molecule has 100 valence electrons. The first-order valence-corrected chi connectivity index (χ1v) is 6.98. The van der Waals surface area contributed by atoms with Crippen LogP contribution in [0.2, 0.25) is 0 Å². The number of likely N-dealkylation sites (N-methyl/N-ethyl adjacent to an activating group) is 1. The van der Waals surface area contributed by atoms with Gasteiger partial charge in [-0.2, -0.15) is 0 Å². The van der Waals surface area contributed by atoms with Crippen molar-refractivity contribution in [3.63, 3.8) is 0 Å². The Morgan fingerprint density at radius 2 is 1.61 bits per heavy atom. The van der Waals surface area contributed by atoms with E-state index in [1.165, 1.54) is 6.07 Å². The lowest BCUT2D eigenvalue weighted by molar-refractivity contribution is 0.130. The number of halogens is 3. The molecule has 1 aliphatic rings. The summed E-state index contributed by atoms with van der Waals surface area (Å²) in [5, 5.41) is 0. The molecule has 0 bridgehead atoms. The molecule has 1 aromatic rings.